The van der Waals surface area contributed by atoms with Gasteiger partial charge < -0.3 is 0 Å². The lowest BCUT2D eigenvalue weighted by atomic mass is 10.4. The van der Waals surface area contributed by atoms with Crippen LogP contribution in [0.1, 0.15) is 20.8 Å². The van der Waals surface area contributed by atoms with Crippen LogP contribution in [0, 0.1) is 4.78 Å². The lowest BCUT2D eigenvalue weighted by molar-refractivity contribution is 0.681. The van der Waals surface area contributed by atoms with Crippen molar-refractivity contribution in [3.05, 3.63) is 11.0 Å². The second-order valence-corrected chi connectivity index (χ2v) is 4.48. The SMILES string of the molecule is CCS(=N)(=O)C=C(C)C. The van der Waals surface area contributed by atoms with Gasteiger partial charge in [0, 0.05) is 11.2 Å². The third kappa shape index (κ3) is 4.21. The molecule has 9 heavy (non-hydrogen) atoms. The molecular formula is C6H13NOS. The van der Waals surface area contributed by atoms with Crippen molar-refractivity contribution in [3.63, 3.8) is 0 Å². The van der Waals surface area contributed by atoms with Crippen LogP contribution in [0.5, 0.6) is 0 Å². The molecule has 0 bridgehead atoms. The van der Waals surface area contributed by atoms with Crippen molar-refractivity contribution in [3.8, 4) is 0 Å². The summed E-state index contributed by atoms with van der Waals surface area (Å²) in [7, 11) is -2.38. The molecule has 0 heterocycles. The second-order valence-electron chi connectivity index (χ2n) is 2.21. The van der Waals surface area contributed by atoms with Gasteiger partial charge in [0.05, 0.1) is 9.73 Å². The Bertz CT molecular complexity index is 197. The molecule has 2 nitrogen and oxygen atoms in total. The summed E-state index contributed by atoms with van der Waals surface area (Å²) < 4.78 is 18.1. The zero-order valence-electron chi connectivity index (χ0n) is 6.10. The monoisotopic (exact) mass is 147 g/mol. The topological polar surface area (TPSA) is 40.9 Å². The van der Waals surface area contributed by atoms with Crippen LogP contribution in [0.25, 0.3) is 0 Å². The van der Waals surface area contributed by atoms with Crippen molar-refractivity contribution in [2.24, 2.45) is 0 Å². The highest BCUT2D eigenvalue weighted by atomic mass is 32.2. The molecule has 0 aromatic carbocycles. The van der Waals surface area contributed by atoms with E-state index in [1.165, 1.54) is 5.41 Å². The molecule has 0 aromatic heterocycles. The molecule has 1 atom stereocenters. The van der Waals surface area contributed by atoms with E-state index in [4.69, 9.17) is 4.78 Å². The van der Waals surface area contributed by atoms with Gasteiger partial charge >= 0.3 is 0 Å². The minimum absolute atomic E-state index is 0.415. The van der Waals surface area contributed by atoms with Gasteiger partial charge in [0.15, 0.2) is 0 Å². The quantitative estimate of drug-likeness (QED) is 0.637. The lowest BCUT2D eigenvalue weighted by Crippen LogP contribution is -1.95. The van der Waals surface area contributed by atoms with Crippen molar-refractivity contribution in [2.75, 3.05) is 5.75 Å². The largest absolute Gasteiger partial charge is 0.249 e. The second kappa shape index (κ2) is 3.01. The average Bonchev–Trinajstić information content (AvgIpc) is 1.63. The molecule has 1 unspecified atom stereocenters. The van der Waals surface area contributed by atoms with Gasteiger partial charge in [0.2, 0.25) is 0 Å². The summed E-state index contributed by atoms with van der Waals surface area (Å²) in [5, 5.41) is 1.52. The zero-order valence-corrected chi connectivity index (χ0v) is 6.92. The summed E-state index contributed by atoms with van der Waals surface area (Å²) >= 11 is 0. The third-order valence-corrected chi connectivity index (χ3v) is 2.56. The van der Waals surface area contributed by atoms with E-state index in [0.717, 1.165) is 5.57 Å². The lowest BCUT2D eigenvalue weighted by Gasteiger charge is -1.95. The number of nitrogens with one attached hydrogen (secondary N) is 1. The minimum atomic E-state index is -2.38. The van der Waals surface area contributed by atoms with E-state index in [-0.39, 0.29) is 0 Å². The Balaban J connectivity index is 4.41. The highest BCUT2D eigenvalue weighted by Crippen LogP contribution is 1.98. The first-order chi connectivity index (χ1) is 3.98. The zero-order chi connectivity index (χ0) is 7.49. The molecule has 0 aromatic rings. The fourth-order valence-corrected chi connectivity index (χ4v) is 1.39. The van der Waals surface area contributed by atoms with Crippen molar-refractivity contribution in [1.29, 1.82) is 4.78 Å². The van der Waals surface area contributed by atoms with Crippen molar-refractivity contribution in [2.45, 2.75) is 20.8 Å². The van der Waals surface area contributed by atoms with Gasteiger partial charge in [-0.05, 0) is 13.8 Å². The molecule has 0 aliphatic heterocycles. The highest BCUT2D eigenvalue weighted by Gasteiger charge is 1.94. The molecular weight excluding hydrogens is 134 g/mol. The van der Waals surface area contributed by atoms with E-state index < -0.39 is 9.73 Å². The van der Waals surface area contributed by atoms with Gasteiger partial charge in [0.1, 0.15) is 0 Å². The first-order valence-corrected chi connectivity index (χ1v) is 4.68. The number of hydrogen-bond acceptors (Lipinski definition) is 2. The maximum absolute atomic E-state index is 11.0. The molecule has 0 fully saturated rings. The fourth-order valence-electron chi connectivity index (χ4n) is 0.464. The van der Waals surface area contributed by atoms with E-state index in [1.807, 2.05) is 13.8 Å². The highest BCUT2D eigenvalue weighted by molar-refractivity contribution is 7.95. The van der Waals surface area contributed by atoms with Crippen LogP contribution in [-0.2, 0) is 9.73 Å². The predicted octanol–water partition coefficient (Wildman–Crippen LogP) is 1.98. The van der Waals surface area contributed by atoms with Crippen molar-refractivity contribution < 1.29 is 4.21 Å². The van der Waals surface area contributed by atoms with E-state index in [2.05, 4.69) is 0 Å². The first-order valence-electron chi connectivity index (χ1n) is 2.89. The molecule has 3 heteroatoms. The fraction of sp³-hybridized carbons (Fsp3) is 0.667. The van der Waals surface area contributed by atoms with E-state index in [9.17, 15) is 4.21 Å². The summed E-state index contributed by atoms with van der Waals surface area (Å²) in [6, 6.07) is 0. The molecule has 0 saturated carbocycles. The minimum Gasteiger partial charge on any atom is -0.249 e. The Hall–Kier alpha value is -0.310. The average molecular weight is 147 g/mol. The normalized spacial score (nSPS) is 16.3. The molecule has 0 spiro atoms. The Morgan fingerprint density at radius 1 is 1.67 bits per heavy atom. The standard InChI is InChI=1S/C6H13NOS/c1-4-9(7,8)5-6(2)3/h5,7H,4H2,1-3H3. The summed E-state index contributed by atoms with van der Waals surface area (Å²) in [6.45, 7) is 5.46. The molecule has 54 valence electrons. The van der Waals surface area contributed by atoms with Crippen LogP contribution in [0.3, 0.4) is 0 Å². The maximum Gasteiger partial charge on any atom is 0.0653 e. The third-order valence-electron chi connectivity index (χ3n) is 0.855. The molecule has 0 aliphatic rings. The summed E-state index contributed by atoms with van der Waals surface area (Å²) in [5.41, 5.74) is 0.955. The number of allylic oxidation sites excluding steroid dienone is 1. The van der Waals surface area contributed by atoms with Crippen molar-refractivity contribution in [1.82, 2.24) is 0 Å². The van der Waals surface area contributed by atoms with Gasteiger partial charge in [-0.3, -0.25) is 0 Å². The van der Waals surface area contributed by atoms with Crippen LogP contribution in [0.4, 0.5) is 0 Å². The Labute approximate surface area is 56.9 Å². The van der Waals surface area contributed by atoms with E-state index in [1.54, 1.807) is 6.92 Å². The number of rotatable bonds is 2. The van der Waals surface area contributed by atoms with Crippen molar-refractivity contribution >= 4 is 9.73 Å². The Morgan fingerprint density at radius 3 is 2.22 bits per heavy atom. The van der Waals surface area contributed by atoms with Gasteiger partial charge in [-0.2, -0.15) is 0 Å². The predicted molar refractivity (Wildman–Crippen MR) is 40.8 cm³/mol. The molecule has 0 aliphatic carbocycles. The summed E-state index contributed by atoms with van der Waals surface area (Å²) in [4.78, 5) is 0. The molecule has 1 N–H and O–H groups in total. The molecule has 0 rings (SSSR count). The molecule has 0 amide bonds. The smallest absolute Gasteiger partial charge is 0.0653 e. The molecule has 0 saturated heterocycles. The van der Waals surface area contributed by atoms with Gasteiger partial charge in [-0.25, -0.2) is 8.99 Å². The van der Waals surface area contributed by atoms with Crippen LogP contribution in [-0.4, -0.2) is 9.96 Å². The Kier molecular flexibility index (Phi) is 2.91. The van der Waals surface area contributed by atoms with Crippen LogP contribution >= 0.6 is 0 Å². The van der Waals surface area contributed by atoms with Gasteiger partial charge in [-0.1, -0.05) is 12.5 Å². The van der Waals surface area contributed by atoms with Gasteiger partial charge in [0.25, 0.3) is 0 Å². The van der Waals surface area contributed by atoms with Crippen LogP contribution < -0.4 is 0 Å². The summed E-state index contributed by atoms with van der Waals surface area (Å²) in [6.07, 6.45) is 0. The van der Waals surface area contributed by atoms with E-state index >= 15 is 0 Å². The summed E-state index contributed by atoms with van der Waals surface area (Å²) in [5.74, 6) is 0.415. The Morgan fingerprint density at radius 2 is 2.11 bits per heavy atom. The maximum atomic E-state index is 11.0. The van der Waals surface area contributed by atoms with E-state index in [0.29, 0.717) is 5.75 Å². The van der Waals surface area contributed by atoms with Crippen LogP contribution in [0.2, 0.25) is 0 Å². The first kappa shape index (κ1) is 8.69. The molecule has 0 radical (unpaired) electrons. The van der Waals surface area contributed by atoms with Gasteiger partial charge in [-0.15, -0.1) is 0 Å². The number of hydrogen-bond donors (Lipinski definition) is 1. The van der Waals surface area contributed by atoms with Crippen LogP contribution in [0.15, 0.2) is 11.0 Å².